The van der Waals surface area contributed by atoms with Crippen LogP contribution in [0, 0.1) is 20.8 Å². The monoisotopic (exact) mass is 436 g/mol. The topological polar surface area (TPSA) is 66.5 Å². The van der Waals surface area contributed by atoms with Crippen LogP contribution in [-0.4, -0.2) is 27.1 Å². The zero-order valence-electron chi connectivity index (χ0n) is 18.3. The number of hydrogen-bond donors (Lipinski definition) is 1. The molecule has 6 heteroatoms. The highest BCUT2D eigenvalue weighted by Gasteiger charge is 2.24. The predicted octanol–water partition coefficient (Wildman–Crippen LogP) is 4.28. The van der Waals surface area contributed by atoms with Gasteiger partial charge < -0.3 is 5.32 Å². The van der Waals surface area contributed by atoms with E-state index in [0.717, 1.165) is 38.4 Å². The first-order valence-electron chi connectivity index (χ1n) is 10.1. The van der Waals surface area contributed by atoms with Crippen molar-refractivity contribution >= 4 is 21.6 Å². The summed E-state index contributed by atoms with van der Waals surface area (Å²) >= 11 is 0. The molecule has 1 atom stereocenters. The molecule has 3 aromatic rings. The second kappa shape index (κ2) is 9.35. The Morgan fingerprint density at radius 2 is 1.39 bits per heavy atom. The van der Waals surface area contributed by atoms with Gasteiger partial charge in [0.2, 0.25) is 15.9 Å². The van der Waals surface area contributed by atoms with Crippen molar-refractivity contribution in [3.05, 3.63) is 101 Å². The highest BCUT2D eigenvalue weighted by molar-refractivity contribution is 7.92. The average molecular weight is 437 g/mol. The van der Waals surface area contributed by atoms with Crippen molar-refractivity contribution < 1.29 is 13.2 Å². The molecular weight excluding hydrogens is 408 g/mol. The third-order valence-corrected chi connectivity index (χ3v) is 6.17. The maximum Gasteiger partial charge on any atom is 0.241 e. The molecule has 162 valence electrons. The molecule has 1 amide bonds. The van der Waals surface area contributed by atoms with Gasteiger partial charge in [0.05, 0.1) is 18.0 Å². The van der Waals surface area contributed by atoms with Gasteiger partial charge in [0.15, 0.2) is 0 Å². The molecule has 0 unspecified atom stereocenters. The summed E-state index contributed by atoms with van der Waals surface area (Å²) in [6, 6.07) is 22.7. The smallest absolute Gasteiger partial charge is 0.241 e. The molecule has 0 saturated heterocycles. The lowest BCUT2D eigenvalue weighted by Crippen LogP contribution is -2.41. The van der Waals surface area contributed by atoms with Crippen LogP contribution in [0.1, 0.15) is 33.9 Å². The Hall–Kier alpha value is -3.12. The van der Waals surface area contributed by atoms with Crippen molar-refractivity contribution in [2.24, 2.45) is 0 Å². The molecule has 5 nitrogen and oxygen atoms in total. The summed E-state index contributed by atoms with van der Waals surface area (Å²) in [7, 11) is -3.64. The Balaban J connectivity index is 1.90. The third-order valence-electron chi connectivity index (χ3n) is 5.03. The molecule has 0 radical (unpaired) electrons. The van der Waals surface area contributed by atoms with Crippen LogP contribution >= 0.6 is 0 Å². The first-order valence-corrected chi connectivity index (χ1v) is 12.0. The summed E-state index contributed by atoms with van der Waals surface area (Å²) in [5.74, 6) is -0.376. The van der Waals surface area contributed by atoms with Crippen molar-refractivity contribution in [3.8, 4) is 0 Å². The van der Waals surface area contributed by atoms with Gasteiger partial charge in [-0.25, -0.2) is 8.42 Å². The number of hydrogen-bond acceptors (Lipinski definition) is 3. The SMILES string of the molecule is Cc1ccc([C@H](NC(=O)CN(c2cc(C)cc(C)c2)S(C)(=O)=O)c2ccccc2)cc1. The van der Waals surface area contributed by atoms with Gasteiger partial charge in [0, 0.05) is 0 Å². The summed E-state index contributed by atoms with van der Waals surface area (Å²) < 4.78 is 26.2. The molecule has 0 aliphatic heterocycles. The zero-order chi connectivity index (χ0) is 22.6. The number of anilines is 1. The van der Waals surface area contributed by atoms with E-state index in [0.29, 0.717) is 5.69 Å². The van der Waals surface area contributed by atoms with E-state index in [1.807, 2.05) is 81.4 Å². The average Bonchev–Trinajstić information content (AvgIpc) is 2.70. The lowest BCUT2D eigenvalue weighted by atomic mass is 9.98. The molecule has 3 aromatic carbocycles. The number of benzene rings is 3. The van der Waals surface area contributed by atoms with Gasteiger partial charge in [-0.15, -0.1) is 0 Å². The van der Waals surface area contributed by atoms with Gasteiger partial charge in [0.25, 0.3) is 0 Å². The van der Waals surface area contributed by atoms with Gasteiger partial charge in [-0.3, -0.25) is 9.10 Å². The van der Waals surface area contributed by atoms with Crippen LogP contribution in [-0.2, 0) is 14.8 Å². The fourth-order valence-corrected chi connectivity index (χ4v) is 4.44. The van der Waals surface area contributed by atoms with Crippen molar-refractivity contribution in [2.45, 2.75) is 26.8 Å². The maximum absolute atomic E-state index is 13.1. The Kier molecular flexibility index (Phi) is 6.81. The van der Waals surface area contributed by atoms with E-state index in [2.05, 4.69) is 5.32 Å². The van der Waals surface area contributed by atoms with Crippen LogP contribution in [0.3, 0.4) is 0 Å². The summed E-state index contributed by atoms with van der Waals surface area (Å²) in [5.41, 5.74) is 5.35. The highest BCUT2D eigenvalue weighted by Crippen LogP contribution is 2.24. The Morgan fingerprint density at radius 1 is 0.839 bits per heavy atom. The fraction of sp³-hybridized carbons (Fsp3) is 0.240. The number of sulfonamides is 1. The van der Waals surface area contributed by atoms with E-state index in [9.17, 15) is 13.2 Å². The summed E-state index contributed by atoms with van der Waals surface area (Å²) in [6.45, 7) is 5.52. The third kappa shape index (κ3) is 5.95. The normalized spacial score (nSPS) is 12.3. The van der Waals surface area contributed by atoms with E-state index in [1.54, 1.807) is 12.1 Å². The first kappa shape index (κ1) is 22.6. The van der Waals surface area contributed by atoms with Crippen molar-refractivity contribution in [3.63, 3.8) is 0 Å². The van der Waals surface area contributed by atoms with Gasteiger partial charge in [0.1, 0.15) is 6.54 Å². The zero-order valence-corrected chi connectivity index (χ0v) is 19.1. The van der Waals surface area contributed by atoms with E-state index in [-0.39, 0.29) is 18.5 Å². The molecule has 31 heavy (non-hydrogen) atoms. The molecule has 0 saturated carbocycles. The molecule has 0 heterocycles. The van der Waals surface area contributed by atoms with Crippen molar-refractivity contribution in [1.82, 2.24) is 5.32 Å². The van der Waals surface area contributed by atoms with Gasteiger partial charge in [-0.05, 0) is 55.2 Å². The van der Waals surface area contributed by atoms with Crippen LogP contribution in [0.5, 0.6) is 0 Å². The van der Waals surface area contributed by atoms with Gasteiger partial charge in [-0.1, -0.05) is 66.2 Å². The number of rotatable bonds is 7. The molecule has 3 rings (SSSR count). The minimum absolute atomic E-state index is 0.295. The number of nitrogens with one attached hydrogen (secondary N) is 1. The number of aryl methyl sites for hydroxylation is 3. The van der Waals surface area contributed by atoms with E-state index in [4.69, 9.17) is 0 Å². The second-order valence-electron chi connectivity index (χ2n) is 7.94. The summed E-state index contributed by atoms with van der Waals surface area (Å²) in [6.07, 6.45) is 1.12. The summed E-state index contributed by atoms with van der Waals surface area (Å²) in [4.78, 5) is 13.1. The molecule has 1 N–H and O–H groups in total. The molecule has 0 aromatic heterocycles. The number of carbonyl (C=O) groups is 1. The van der Waals surface area contributed by atoms with E-state index in [1.165, 1.54) is 0 Å². The Morgan fingerprint density at radius 3 is 1.94 bits per heavy atom. The summed E-state index contributed by atoms with van der Waals surface area (Å²) in [5, 5.41) is 3.03. The van der Waals surface area contributed by atoms with Crippen LogP contribution in [0.15, 0.2) is 72.8 Å². The molecule has 0 aliphatic carbocycles. The molecule has 0 spiro atoms. The van der Waals surface area contributed by atoms with E-state index >= 15 is 0 Å². The number of amides is 1. The van der Waals surface area contributed by atoms with Crippen LogP contribution in [0.4, 0.5) is 5.69 Å². The van der Waals surface area contributed by atoms with E-state index < -0.39 is 10.0 Å². The van der Waals surface area contributed by atoms with Crippen LogP contribution < -0.4 is 9.62 Å². The molecule has 0 fully saturated rings. The second-order valence-corrected chi connectivity index (χ2v) is 9.84. The fourth-order valence-electron chi connectivity index (χ4n) is 3.60. The minimum Gasteiger partial charge on any atom is -0.344 e. The minimum atomic E-state index is -3.64. The first-order chi connectivity index (χ1) is 14.6. The Bertz CT molecular complexity index is 1140. The molecule has 0 aliphatic rings. The lowest BCUT2D eigenvalue weighted by molar-refractivity contribution is -0.120. The highest BCUT2D eigenvalue weighted by atomic mass is 32.2. The predicted molar refractivity (Wildman–Crippen MR) is 126 cm³/mol. The van der Waals surface area contributed by atoms with Crippen molar-refractivity contribution in [2.75, 3.05) is 17.1 Å². The van der Waals surface area contributed by atoms with Crippen molar-refractivity contribution in [1.29, 1.82) is 0 Å². The van der Waals surface area contributed by atoms with Gasteiger partial charge >= 0.3 is 0 Å². The number of carbonyl (C=O) groups excluding carboxylic acids is 1. The maximum atomic E-state index is 13.1. The standard InChI is InChI=1S/C25H28N2O3S/c1-18-10-12-22(13-11-18)25(21-8-6-5-7-9-21)26-24(28)17-27(31(4,29)30)23-15-19(2)14-20(3)16-23/h5-16,25H,17H2,1-4H3,(H,26,28)/t25-/m1/s1. The molecule has 0 bridgehead atoms. The molecular formula is C25H28N2O3S. The number of nitrogens with zero attached hydrogens (tertiary/aromatic N) is 1. The largest absolute Gasteiger partial charge is 0.344 e. The van der Waals surface area contributed by atoms with Crippen LogP contribution in [0.25, 0.3) is 0 Å². The quantitative estimate of drug-likeness (QED) is 0.601. The Labute approximate surface area is 184 Å². The lowest BCUT2D eigenvalue weighted by Gasteiger charge is -2.25. The van der Waals surface area contributed by atoms with Gasteiger partial charge in [-0.2, -0.15) is 0 Å². The van der Waals surface area contributed by atoms with Crippen LogP contribution in [0.2, 0.25) is 0 Å².